The van der Waals surface area contributed by atoms with Crippen molar-refractivity contribution in [2.24, 2.45) is 5.92 Å². The number of halogens is 5. The monoisotopic (exact) mass is 503 g/mol. The van der Waals surface area contributed by atoms with E-state index in [0.29, 0.717) is 0 Å². The summed E-state index contributed by atoms with van der Waals surface area (Å²) < 4.78 is 85.4. The Morgan fingerprint density at radius 1 is 1.17 bits per heavy atom. The molecule has 190 valence electrons. The van der Waals surface area contributed by atoms with E-state index < -0.39 is 60.3 Å². The van der Waals surface area contributed by atoms with E-state index in [2.05, 4.69) is 10.1 Å². The minimum Gasteiger partial charge on any atom is -0.493 e. The maximum atomic E-state index is 14.4. The van der Waals surface area contributed by atoms with Crippen molar-refractivity contribution >= 4 is 24.2 Å². The highest BCUT2D eigenvalue weighted by Crippen LogP contribution is 2.54. The van der Waals surface area contributed by atoms with Gasteiger partial charge in [-0.3, -0.25) is 0 Å². The second kappa shape index (κ2) is 9.63. The minimum absolute atomic E-state index is 0.0556. The second-order valence-corrected chi connectivity index (χ2v) is 8.25. The lowest BCUT2D eigenvalue weighted by Crippen LogP contribution is -2.47. The number of methoxy groups -OCH3 is 2. The second-order valence-electron chi connectivity index (χ2n) is 8.25. The number of ether oxygens (including phenoxy) is 3. The Morgan fingerprint density at radius 2 is 1.83 bits per heavy atom. The van der Waals surface area contributed by atoms with Crippen LogP contribution in [-0.4, -0.2) is 55.4 Å². The van der Waals surface area contributed by atoms with Gasteiger partial charge in [0.1, 0.15) is 6.23 Å². The smallest absolute Gasteiger partial charge is 0.489 e. The quantitative estimate of drug-likeness (QED) is 0.317. The van der Waals surface area contributed by atoms with Crippen LogP contribution in [-0.2, 0) is 9.47 Å². The van der Waals surface area contributed by atoms with Crippen molar-refractivity contribution in [2.75, 3.05) is 19.5 Å². The Hall–Kier alpha value is -2.90. The van der Waals surface area contributed by atoms with Crippen LogP contribution < -0.4 is 15.5 Å². The van der Waals surface area contributed by atoms with Crippen molar-refractivity contribution < 1.29 is 51.0 Å². The summed E-state index contributed by atoms with van der Waals surface area (Å²) >= 11 is 0. The lowest BCUT2D eigenvalue weighted by molar-refractivity contribution is -0.272. The van der Waals surface area contributed by atoms with Gasteiger partial charge in [0.2, 0.25) is 5.82 Å². The van der Waals surface area contributed by atoms with Crippen LogP contribution in [0.15, 0.2) is 30.3 Å². The SMILES string of the molecule is COC(=O)c1cc(N[C@@H]2O[C@@](C)(C(F)(F)F)[C@@H](C)[C@H]2c2ccc(F)c(F)c2OC)ccc1B(O)O. The number of carbonyl (C=O) groups excluding carboxylic acids is 1. The van der Waals surface area contributed by atoms with Crippen molar-refractivity contribution in [1.29, 1.82) is 0 Å². The molecule has 0 bridgehead atoms. The number of alkyl halides is 3. The maximum absolute atomic E-state index is 14.4. The van der Waals surface area contributed by atoms with Crippen LogP contribution >= 0.6 is 0 Å². The molecule has 1 heterocycles. The van der Waals surface area contributed by atoms with E-state index in [9.17, 15) is 36.8 Å². The number of rotatable bonds is 6. The van der Waals surface area contributed by atoms with Crippen molar-refractivity contribution in [3.63, 3.8) is 0 Å². The van der Waals surface area contributed by atoms with E-state index in [0.717, 1.165) is 39.3 Å². The van der Waals surface area contributed by atoms with Gasteiger partial charge in [0.25, 0.3) is 0 Å². The van der Waals surface area contributed by atoms with Crippen molar-refractivity contribution in [1.82, 2.24) is 0 Å². The third-order valence-electron chi connectivity index (χ3n) is 6.36. The molecule has 0 unspecified atom stereocenters. The largest absolute Gasteiger partial charge is 0.493 e. The van der Waals surface area contributed by atoms with Crippen LogP contribution in [0, 0.1) is 17.6 Å². The first kappa shape index (κ1) is 26.7. The van der Waals surface area contributed by atoms with Crippen LogP contribution in [0.4, 0.5) is 27.6 Å². The number of carbonyl (C=O) groups is 1. The van der Waals surface area contributed by atoms with Gasteiger partial charge >= 0.3 is 19.3 Å². The first-order valence-corrected chi connectivity index (χ1v) is 10.4. The Bertz CT molecular complexity index is 1110. The summed E-state index contributed by atoms with van der Waals surface area (Å²) in [5, 5.41) is 21.8. The van der Waals surface area contributed by atoms with Crippen LogP contribution in [0.3, 0.4) is 0 Å². The van der Waals surface area contributed by atoms with Gasteiger partial charge in [0.05, 0.1) is 19.8 Å². The van der Waals surface area contributed by atoms with E-state index in [4.69, 9.17) is 9.47 Å². The van der Waals surface area contributed by atoms with E-state index in [1.165, 1.54) is 19.1 Å². The lowest BCUT2D eigenvalue weighted by Gasteiger charge is -2.31. The molecule has 3 N–H and O–H groups in total. The summed E-state index contributed by atoms with van der Waals surface area (Å²) in [5.74, 6) is -6.55. The molecule has 0 spiro atoms. The van der Waals surface area contributed by atoms with Gasteiger partial charge in [-0.2, -0.15) is 17.6 Å². The Labute approximate surface area is 197 Å². The fraction of sp³-hybridized carbons (Fsp3) is 0.409. The number of nitrogens with one attached hydrogen (secondary N) is 1. The number of benzene rings is 2. The molecule has 0 radical (unpaired) electrons. The van der Waals surface area contributed by atoms with Gasteiger partial charge in [-0.15, -0.1) is 0 Å². The highest BCUT2D eigenvalue weighted by molar-refractivity contribution is 6.60. The molecule has 7 nitrogen and oxygen atoms in total. The highest BCUT2D eigenvalue weighted by Gasteiger charge is 2.64. The van der Waals surface area contributed by atoms with E-state index >= 15 is 0 Å². The van der Waals surface area contributed by atoms with Gasteiger partial charge in [0.15, 0.2) is 17.2 Å². The molecule has 1 fully saturated rings. The van der Waals surface area contributed by atoms with Gasteiger partial charge in [-0.25, -0.2) is 9.18 Å². The van der Waals surface area contributed by atoms with Crippen LogP contribution in [0.25, 0.3) is 0 Å². The predicted octanol–water partition coefficient (Wildman–Crippen LogP) is 2.95. The van der Waals surface area contributed by atoms with Gasteiger partial charge in [0, 0.05) is 23.1 Å². The molecule has 0 aliphatic carbocycles. The summed E-state index contributed by atoms with van der Waals surface area (Å²) in [6.07, 6.45) is -6.26. The van der Waals surface area contributed by atoms with Crippen molar-refractivity contribution in [2.45, 2.75) is 37.8 Å². The zero-order valence-electron chi connectivity index (χ0n) is 19.1. The fourth-order valence-electron chi connectivity index (χ4n) is 4.26. The summed E-state index contributed by atoms with van der Waals surface area (Å²) in [6.45, 7) is 2.12. The van der Waals surface area contributed by atoms with Gasteiger partial charge in [-0.05, 0) is 30.6 Å². The molecule has 1 aliphatic heterocycles. The molecule has 0 saturated carbocycles. The van der Waals surface area contributed by atoms with E-state index in [1.54, 1.807) is 0 Å². The van der Waals surface area contributed by atoms with Gasteiger partial charge in [-0.1, -0.05) is 19.1 Å². The Balaban J connectivity index is 2.12. The van der Waals surface area contributed by atoms with Crippen LogP contribution in [0.5, 0.6) is 5.75 Å². The summed E-state index contributed by atoms with van der Waals surface area (Å²) in [4.78, 5) is 12.1. The molecule has 1 aliphatic rings. The standard InChI is InChI=1S/C22H23BF5NO6/c1-10-16(12-6-8-15(24)17(25)18(12)33-3)19(35-21(10,2)22(26,27)28)29-11-5-7-14(23(31)32)13(9-11)20(30)34-4/h5-10,16,19,29,31-32H,1-4H3/t10-,16-,19+,21+/m0/s1. The zero-order chi connectivity index (χ0) is 26.3. The highest BCUT2D eigenvalue weighted by atomic mass is 19.4. The molecule has 35 heavy (non-hydrogen) atoms. The fourth-order valence-corrected chi connectivity index (χ4v) is 4.26. The predicted molar refractivity (Wildman–Crippen MR) is 115 cm³/mol. The summed E-state index contributed by atoms with van der Waals surface area (Å²) in [6, 6.07) is 5.53. The molecule has 4 atom stereocenters. The molecule has 2 aromatic rings. The molecule has 0 amide bonds. The van der Waals surface area contributed by atoms with Gasteiger partial charge < -0.3 is 29.6 Å². The van der Waals surface area contributed by atoms with E-state index in [-0.39, 0.29) is 22.3 Å². The van der Waals surface area contributed by atoms with Crippen molar-refractivity contribution in [3.05, 3.63) is 53.1 Å². The summed E-state index contributed by atoms with van der Waals surface area (Å²) in [5.41, 5.74) is -3.11. The van der Waals surface area contributed by atoms with E-state index in [1.807, 2.05) is 0 Å². The lowest BCUT2D eigenvalue weighted by atomic mass is 9.76. The first-order valence-electron chi connectivity index (χ1n) is 10.4. The Morgan fingerprint density at radius 3 is 2.37 bits per heavy atom. The molecule has 1 saturated heterocycles. The van der Waals surface area contributed by atoms with Crippen LogP contribution in [0.1, 0.15) is 35.7 Å². The minimum atomic E-state index is -4.82. The number of esters is 1. The van der Waals surface area contributed by atoms with Crippen LogP contribution in [0.2, 0.25) is 0 Å². The molecule has 0 aromatic heterocycles. The summed E-state index contributed by atoms with van der Waals surface area (Å²) in [7, 11) is 0.112. The number of anilines is 1. The molecule has 3 rings (SSSR count). The molecule has 2 aromatic carbocycles. The normalized spacial score (nSPS) is 24.3. The zero-order valence-corrected chi connectivity index (χ0v) is 19.1. The maximum Gasteiger partial charge on any atom is 0.489 e. The molecular formula is C22H23BF5NO6. The number of hydrogen-bond acceptors (Lipinski definition) is 7. The molecule has 13 heteroatoms. The third-order valence-corrected chi connectivity index (χ3v) is 6.36. The number of hydrogen-bond donors (Lipinski definition) is 3. The first-order chi connectivity index (χ1) is 16.3. The third kappa shape index (κ3) is 4.67. The average Bonchev–Trinajstić information content (AvgIpc) is 3.05. The Kier molecular flexibility index (Phi) is 7.35. The van der Waals surface area contributed by atoms with Crippen molar-refractivity contribution in [3.8, 4) is 5.75 Å². The molecular weight excluding hydrogens is 480 g/mol. The topological polar surface area (TPSA) is 97.3 Å². The average molecular weight is 503 g/mol.